The van der Waals surface area contributed by atoms with Crippen LogP contribution < -0.4 is 5.32 Å². The Morgan fingerprint density at radius 3 is 2.83 bits per heavy atom. The van der Waals surface area contributed by atoms with Crippen molar-refractivity contribution in [3.05, 3.63) is 59.0 Å². The molecule has 3 rings (SSSR count). The van der Waals surface area contributed by atoms with E-state index in [1.807, 2.05) is 6.92 Å². The van der Waals surface area contributed by atoms with Crippen molar-refractivity contribution in [2.45, 2.75) is 13.3 Å². The van der Waals surface area contributed by atoms with Gasteiger partial charge in [0.15, 0.2) is 0 Å². The highest BCUT2D eigenvalue weighted by molar-refractivity contribution is 7.15. The number of H-pyrrole nitrogens is 1. The number of imidazole rings is 1. The molecule has 23 heavy (non-hydrogen) atoms. The summed E-state index contributed by atoms with van der Waals surface area (Å²) in [5.74, 6) is -0.534. The van der Waals surface area contributed by atoms with Crippen LogP contribution in [0.3, 0.4) is 0 Å². The summed E-state index contributed by atoms with van der Waals surface area (Å²) in [5, 5.41) is 3.65. The molecule has 0 aliphatic heterocycles. The molecule has 0 fully saturated rings. The van der Waals surface area contributed by atoms with Gasteiger partial charge in [-0.1, -0.05) is 12.1 Å². The average molecular weight is 330 g/mol. The van der Waals surface area contributed by atoms with E-state index >= 15 is 0 Å². The highest BCUT2D eigenvalue weighted by Crippen LogP contribution is 2.30. The van der Waals surface area contributed by atoms with Gasteiger partial charge in [0.05, 0.1) is 16.2 Å². The summed E-state index contributed by atoms with van der Waals surface area (Å²) < 4.78 is 13.1. The standard InChI is InChI=1S/C16H15FN4OS/c1-10-21-14(15(23-10)11-2-4-12(17)5-3-11)16(22)19-7-6-13-8-18-9-20-13/h2-5,8-9H,6-7H2,1H3,(H,18,20)(H,19,22). The molecular weight excluding hydrogens is 315 g/mol. The number of aryl methyl sites for hydroxylation is 1. The number of hydrogen-bond acceptors (Lipinski definition) is 4. The predicted molar refractivity (Wildman–Crippen MR) is 86.9 cm³/mol. The molecule has 0 aliphatic rings. The Labute approximate surface area is 136 Å². The van der Waals surface area contributed by atoms with Crippen molar-refractivity contribution < 1.29 is 9.18 Å². The average Bonchev–Trinajstić information content (AvgIpc) is 3.17. The van der Waals surface area contributed by atoms with Gasteiger partial charge in [-0.05, 0) is 24.6 Å². The number of amides is 1. The van der Waals surface area contributed by atoms with Crippen LogP contribution in [-0.2, 0) is 6.42 Å². The van der Waals surface area contributed by atoms with Crippen molar-refractivity contribution in [1.82, 2.24) is 20.3 Å². The molecule has 2 N–H and O–H groups in total. The Morgan fingerprint density at radius 2 is 2.13 bits per heavy atom. The second-order valence-electron chi connectivity index (χ2n) is 5.00. The van der Waals surface area contributed by atoms with E-state index in [2.05, 4.69) is 20.3 Å². The lowest BCUT2D eigenvalue weighted by Crippen LogP contribution is -2.26. The van der Waals surface area contributed by atoms with Crippen molar-refractivity contribution in [2.24, 2.45) is 0 Å². The molecular formula is C16H15FN4OS. The summed E-state index contributed by atoms with van der Waals surface area (Å²) in [5.41, 5.74) is 2.12. The van der Waals surface area contributed by atoms with Crippen LogP contribution in [0, 0.1) is 12.7 Å². The summed E-state index contributed by atoms with van der Waals surface area (Å²) in [6.45, 7) is 2.33. The Hall–Kier alpha value is -2.54. The van der Waals surface area contributed by atoms with E-state index in [1.54, 1.807) is 24.7 Å². The van der Waals surface area contributed by atoms with E-state index in [9.17, 15) is 9.18 Å². The largest absolute Gasteiger partial charge is 0.350 e. The minimum atomic E-state index is -0.305. The monoisotopic (exact) mass is 330 g/mol. The predicted octanol–water partition coefficient (Wildman–Crippen LogP) is 2.95. The van der Waals surface area contributed by atoms with Gasteiger partial charge in [-0.3, -0.25) is 4.79 Å². The van der Waals surface area contributed by atoms with Gasteiger partial charge in [0.25, 0.3) is 5.91 Å². The van der Waals surface area contributed by atoms with E-state index in [4.69, 9.17) is 0 Å². The molecule has 0 aliphatic carbocycles. The lowest BCUT2D eigenvalue weighted by atomic mass is 10.1. The third-order valence-corrected chi connectivity index (χ3v) is 4.31. The number of thiazole rings is 1. The fourth-order valence-corrected chi connectivity index (χ4v) is 3.11. The van der Waals surface area contributed by atoms with Gasteiger partial charge >= 0.3 is 0 Å². The molecule has 2 aromatic heterocycles. The number of aromatic amines is 1. The van der Waals surface area contributed by atoms with Gasteiger partial charge in [0.1, 0.15) is 11.5 Å². The van der Waals surface area contributed by atoms with Crippen molar-refractivity contribution in [1.29, 1.82) is 0 Å². The van der Waals surface area contributed by atoms with Gasteiger partial charge < -0.3 is 10.3 Å². The van der Waals surface area contributed by atoms with Crippen LogP contribution in [0.2, 0.25) is 0 Å². The molecule has 1 aromatic carbocycles. The first-order chi connectivity index (χ1) is 11.1. The number of hydrogen-bond donors (Lipinski definition) is 2. The normalized spacial score (nSPS) is 10.7. The Kier molecular flexibility index (Phi) is 4.47. The van der Waals surface area contributed by atoms with Crippen LogP contribution in [0.25, 0.3) is 10.4 Å². The lowest BCUT2D eigenvalue weighted by Gasteiger charge is -2.05. The summed E-state index contributed by atoms with van der Waals surface area (Å²) in [6.07, 6.45) is 4.00. The number of halogens is 1. The van der Waals surface area contributed by atoms with E-state index < -0.39 is 0 Å². The maximum absolute atomic E-state index is 13.1. The highest BCUT2D eigenvalue weighted by atomic mass is 32.1. The van der Waals surface area contributed by atoms with Gasteiger partial charge in [-0.25, -0.2) is 14.4 Å². The number of rotatable bonds is 5. The molecule has 0 saturated heterocycles. The molecule has 0 atom stereocenters. The van der Waals surface area contributed by atoms with Crippen LogP contribution >= 0.6 is 11.3 Å². The Bertz CT molecular complexity index is 796. The van der Waals surface area contributed by atoms with E-state index in [0.717, 1.165) is 21.1 Å². The zero-order valence-electron chi connectivity index (χ0n) is 12.5. The van der Waals surface area contributed by atoms with Crippen LogP contribution in [0.4, 0.5) is 4.39 Å². The number of nitrogens with zero attached hydrogens (tertiary/aromatic N) is 2. The fraction of sp³-hybridized carbons (Fsp3) is 0.188. The molecule has 5 nitrogen and oxygen atoms in total. The summed E-state index contributed by atoms with van der Waals surface area (Å²) in [6, 6.07) is 6.07. The minimum Gasteiger partial charge on any atom is -0.350 e. The van der Waals surface area contributed by atoms with Gasteiger partial charge in [0, 0.05) is 24.9 Å². The Morgan fingerprint density at radius 1 is 1.35 bits per heavy atom. The van der Waals surface area contributed by atoms with Crippen LogP contribution in [0.5, 0.6) is 0 Å². The third-order valence-electron chi connectivity index (χ3n) is 3.29. The molecule has 2 heterocycles. The quantitative estimate of drug-likeness (QED) is 0.755. The lowest BCUT2D eigenvalue weighted by molar-refractivity contribution is 0.0950. The molecule has 7 heteroatoms. The van der Waals surface area contributed by atoms with Crippen molar-refractivity contribution in [3.63, 3.8) is 0 Å². The molecule has 118 valence electrons. The van der Waals surface area contributed by atoms with E-state index in [1.165, 1.54) is 23.5 Å². The number of benzene rings is 1. The summed E-state index contributed by atoms with van der Waals surface area (Å²) in [7, 11) is 0. The Balaban J connectivity index is 1.74. The first kappa shape index (κ1) is 15.4. The molecule has 0 bridgehead atoms. The van der Waals surface area contributed by atoms with Gasteiger partial charge in [-0.15, -0.1) is 11.3 Å². The summed E-state index contributed by atoms with van der Waals surface area (Å²) in [4.78, 5) is 24.4. The number of aromatic nitrogens is 3. The summed E-state index contributed by atoms with van der Waals surface area (Å²) >= 11 is 1.42. The van der Waals surface area contributed by atoms with Crippen LogP contribution in [0.1, 0.15) is 21.2 Å². The van der Waals surface area contributed by atoms with Crippen LogP contribution in [0.15, 0.2) is 36.8 Å². The SMILES string of the molecule is Cc1nc(C(=O)NCCc2cnc[nH]2)c(-c2ccc(F)cc2)s1. The molecule has 0 spiro atoms. The smallest absolute Gasteiger partial charge is 0.271 e. The van der Waals surface area contributed by atoms with Gasteiger partial charge in [-0.2, -0.15) is 0 Å². The number of carbonyl (C=O) groups is 1. The molecule has 0 saturated carbocycles. The first-order valence-electron chi connectivity index (χ1n) is 7.12. The van der Waals surface area contributed by atoms with E-state index in [-0.39, 0.29) is 11.7 Å². The molecule has 3 aromatic rings. The zero-order chi connectivity index (χ0) is 16.2. The fourth-order valence-electron chi connectivity index (χ4n) is 2.19. The maximum atomic E-state index is 13.1. The second kappa shape index (κ2) is 6.70. The number of carbonyl (C=O) groups excluding carboxylic acids is 1. The zero-order valence-corrected chi connectivity index (χ0v) is 13.3. The number of nitrogens with one attached hydrogen (secondary N) is 2. The third kappa shape index (κ3) is 3.62. The van der Waals surface area contributed by atoms with Crippen molar-refractivity contribution in [3.8, 4) is 10.4 Å². The molecule has 0 radical (unpaired) electrons. The second-order valence-corrected chi connectivity index (χ2v) is 6.20. The van der Waals surface area contributed by atoms with Gasteiger partial charge in [0.2, 0.25) is 0 Å². The van der Waals surface area contributed by atoms with Crippen LogP contribution in [-0.4, -0.2) is 27.4 Å². The minimum absolute atomic E-state index is 0.229. The molecule has 1 amide bonds. The topological polar surface area (TPSA) is 70.7 Å². The first-order valence-corrected chi connectivity index (χ1v) is 7.94. The highest BCUT2D eigenvalue weighted by Gasteiger charge is 2.18. The van der Waals surface area contributed by atoms with Crippen molar-refractivity contribution in [2.75, 3.05) is 6.54 Å². The van der Waals surface area contributed by atoms with E-state index in [0.29, 0.717) is 18.7 Å². The molecule has 0 unspecified atom stereocenters. The van der Waals surface area contributed by atoms with Crippen molar-refractivity contribution >= 4 is 17.2 Å². The maximum Gasteiger partial charge on any atom is 0.271 e.